The first kappa shape index (κ1) is 18.4. The number of nitrogens with one attached hydrogen (secondary N) is 3. The molecule has 1 fully saturated rings. The average molecular weight is 335 g/mol. The van der Waals surface area contributed by atoms with Crippen molar-refractivity contribution in [1.29, 1.82) is 0 Å². The lowest BCUT2D eigenvalue weighted by Gasteiger charge is -2.21. The largest absolute Gasteiger partial charge is 0.350 e. The smallest absolute Gasteiger partial charge is 0.271 e. The molecule has 0 atom stereocenters. The van der Waals surface area contributed by atoms with E-state index in [-0.39, 0.29) is 11.8 Å². The molecule has 5 N–H and O–H groups in total. The Morgan fingerprint density at radius 1 is 1.21 bits per heavy atom. The van der Waals surface area contributed by atoms with Gasteiger partial charge < -0.3 is 16.4 Å². The van der Waals surface area contributed by atoms with Crippen LogP contribution in [0.5, 0.6) is 0 Å². The summed E-state index contributed by atoms with van der Waals surface area (Å²) in [5, 5.41) is 12.3. The van der Waals surface area contributed by atoms with Gasteiger partial charge in [-0.15, -0.1) is 0 Å². The third-order valence-corrected chi connectivity index (χ3v) is 4.47. The maximum atomic E-state index is 12.1. The molecule has 0 radical (unpaired) electrons. The number of carbonyl (C=O) groups excluding carboxylic acids is 2. The van der Waals surface area contributed by atoms with E-state index in [0.29, 0.717) is 36.9 Å². The predicted molar refractivity (Wildman–Crippen MR) is 93.6 cm³/mol. The van der Waals surface area contributed by atoms with Crippen molar-refractivity contribution < 1.29 is 9.59 Å². The van der Waals surface area contributed by atoms with Gasteiger partial charge in [-0.1, -0.05) is 25.7 Å². The molecule has 1 aromatic heterocycles. The van der Waals surface area contributed by atoms with Gasteiger partial charge in [0.25, 0.3) is 5.91 Å². The minimum atomic E-state index is -0.194. The highest BCUT2D eigenvalue weighted by Gasteiger charge is 2.16. The quantitative estimate of drug-likeness (QED) is 0.518. The molecule has 1 aromatic rings. The van der Waals surface area contributed by atoms with Crippen molar-refractivity contribution in [3.8, 4) is 0 Å². The Morgan fingerprint density at radius 3 is 2.75 bits per heavy atom. The van der Waals surface area contributed by atoms with Crippen LogP contribution in [0.3, 0.4) is 0 Å². The van der Waals surface area contributed by atoms with Crippen molar-refractivity contribution in [3.05, 3.63) is 11.8 Å². The fourth-order valence-electron chi connectivity index (χ4n) is 3.04. The van der Waals surface area contributed by atoms with E-state index in [4.69, 9.17) is 5.73 Å². The second-order valence-electron chi connectivity index (χ2n) is 6.53. The molecule has 1 aliphatic carbocycles. The molecule has 2 rings (SSSR count). The molecule has 0 bridgehead atoms. The Labute approximate surface area is 143 Å². The minimum Gasteiger partial charge on any atom is -0.350 e. The highest BCUT2D eigenvalue weighted by atomic mass is 16.2. The van der Waals surface area contributed by atoms with Crippen LogP contribution in [0.4, 0.5) is 5.82 Å². The third kappa shape index (κ3) is 6.31. The first-order valence-corrected chi connectivity index (χ1v) is 9.02. The van der Waals surface area contributed by atoms with Crippen LogP contribution in [0.2, 0.25) is 0 Å². The molecule has 0 saturated heterocycles. The van der Waals surface area contributed by atoms with Crippen LogP contribution in [0, 0.1) is 5.92 Å². The summed E-state index contributed by atoms with van der Waals surface area (Å²) >= 11 is 0. The highest BCUT2D eigenvalue weighted by molar-refractivity contribution is 5.95. The van der Waals surface area contributed by atoms with Gasteiger partial charge in [0.15, 0.2) is 5.69 Å². The van der Waals surface area contributed by atoms with E-state index in [2.05, 4.69) is 20.8 Å². The lowest BCUT2D eigenvalue weighted by atomic mass is 9.89. The summed E-state index contributed by atoms with van der Waals surface area (Å²) < 4.78 is 0. The number of hydrogen-bond donors (Lipinski definition) is 4. The summed E-state index contributed by atoms with van der Waals surface area (Å²) in [6.45, 7) is 1.36. The van der Waals surface area contributed by atoms with Crippen molar-refractivity contribution in [2.45, 2.75) is 57.8 Å². The Morgan fingerprint density at radius 2 is 2.00 bits per heavy atom. The molecule has 1 saturated carbocycles. The van der Waals surface area contributed by atoms with E-state index in [9.17, 15) is 9.59 Å². The van der Waals surface area contributed by atoms with Crippen LogP contribution in [-0.2, 0) is 4.79 Å². The predicted octanol–water partition coefficient (Wildman–Crippen LogP) is 2.18. The molecule has 24 heavy (non-hydrogen) atoms. The summed E-state index contributed by atoms with van der Waals surface area (Å²) in [7, 11) is 0. The molecule has 7 heteroatoms. The second kappa shape index (κ2) is 10.1. The standard InChI is InChI=1S/C17H29N5O2/c18-10-6-2-5-9-16(23)20-15-11-14(21-22-15)17(24)19-12-13-7-3-1-4-8-13/h11,13H,1-10,12,18H2,(H,19,24)(H2,20,21,22,23). The van der Waals surface area contributed by atoms with Gasteiger partial charge in [0, 0.05) is 19.0 Å². The zero-order chi connectivity index (χ0) is 17.2. The maximum Gasteiger partial charge on any atom is 0.271 e. The van der Waals surface area contributed by atoms with Gasteiger partial charge >= 0.3 is 0 Å². The molecule has 2 amide bonds. The first-order chi connectivity index (χ1) is 11.7. The van der Waals surface area contributed by atoms with Crippen molar-refractivity contribution in [2.75, 3.05) is 18.4 Å². The van der Waals surface area contributed by atoms with Crippen LogP contribution in [0.1, 0.15) is 68.3 Å². The summed E-state index contributed by atoms with van der Waals surface area (Å²) in [6.07, 6.45) is 9.32. The summed E-state index contributed by atoms with van der Waals surface area (Å²) in [5.41, 5.74) is 5.73. The monoisotopic (exact) mass is 335 g/mol. The maximum absolute atomic E-state index is 12.1. The third-order valence-electron chi connectivity index (χ3n) is 4.47. The number of aromatic amines is 1. The van der Waals surface area contributed by atoms with Crippen LogP contribution >= 0.6 is 0 Å². The van der Waals surface area contributed by atoms with E-state index in [1.807, 2.05) is 0 Å². The summed E-state index contributed by atoms with van der Waals surface area (Å²) in [5.74, 6) is 0.765. The fraction of sp³-hybridized carbons (Fsp3) is 0.706. The lowest BCUT2D eigenvalue weighted by Crippen LogP contribution is -2.30. The van der Waals surface area contributed by atoms with Gasteiger partial charge in [-0.3, -0.25) is 14.7 Å². The zero-order valence-corrected chi connectivity index (χ0v) is 14.3. The number of carbonyl (C=O) groups is 2. The van der Waals surface area contributed by atoms with Gasteiger partial charge in [-0.05, 0) is 38.1 Å². The second-order valence-corrected chi connectivity index (χ2v) is 6.53. The van der Waals surface area contributed by atoms with E-state index >= 15 is 0 Å². The van der Waals surface area contributed by atoms with E-state index in [0.717, 1.165) is 19.3 Å². The van der Waals surface area contributed by atoms with Crippen molar-refractivity contribution >= 4 is 17.6 Å². The molecule has 0 spiro atoms. The number of rotatable bonds is 9. The van der Waals surface area contributed by atoms with Crippen LogP contribution in [0.15, 0.2) is 6.07 Å². The average Bonchev–Trinajstić information content (AvgIpc) is 3.06. The van der Waals surface area contributed by atoms with Gasteiger partial charge in [-0.25, -0.2) is 0 Å². The number of hydrogen-bond acceptors (Lipinski definition) is 4. The Kier molecular flexibility index (Phi) is 7.74. The van der Waals surface area contributed by atoms with Crippen molar-refractivity contribution in [2.24, 2.45) is 11.7 Å². The van der Waals surface area contributed by atoms with Crippen molar-refractivity contribution in [1.82, 2.24) is 15.5 Å². The Balaban J connectivity index is 1.71. The zero-order valence-electron chi connectivity index (χ0n) is 14.3. The highest BCUT2D eigenvalue weighted by Crippen LogP contribution is 2.22. The number of nitrogens with two attached hydrogens (primary N) is 1. The fourth-order valence-corrected chi connectivity index (χ4v) is 3.04. The van der Waals surface area contributed by atoms with Crippen LogP contribution < -0.4 is 16.4 Å². The molecule has 0 unspecified atom stereocenters. The molecular weight excluding hydrogens is 306 g/mol. The molecule has 134 valence electrons. The number of amides is 2. The molecule has 1 heterocycles. The number of unbranched alkanes of at least 4 members (excludes halogenated alkanes) is 2. The SMILES string of the molecule is NCCCCCC(=O)Nc1cc(C(=O)NCC2CCCCC2)n[nH]1. The molecule has 0 aromatic carbocycles. The number of aromatic nitrogens is 2. The minimum absolute atomic E-state index is 0.0789. The van der Waals surface area contributed by atoms with Crippen molar-refractivity contribution in [3.63, 3.8) is 0 Å². The molecular formula is C17H29N5O2. The number of H-pyrrole nitrogens is 1. The Hall–Kier alpha value is -1.89. The topological polar surface area (TPSA) is 113 Å². The normalized spacial score (nSPS) is 15.2. The van der Waals surface area contributed by atoms with Gasteiger partial charge in [-0.2, -0.15) is 5.10 Å². The molecule has 0 aliphatic heterocycles. The number of anilines is 1. The number of nitrogens with zero attached hydrogens (tertiary/aromatic N) is 1. The molecule has 7 nitrogen and oxygen atoms in total. The first-order valence-electron chi connectivity index (χ1n) is 9.02. The van der Waals surface area contributed by atoms with Crippen LogP contribution in [-0.4, -0.2) is 35.1 Å². The van der Waals surface area contributed by atoms with Gasteiger partial charge in [0.1, 0.15) is 5.82 Å². The van der Waals surface area contributed by atoms with E-state index in [1.54, 1.807) is 6.07 Å². The van der Waals surface area contributed by atoms with Gasteiger partial charge in [0.05, 0.1) is 0 Å². The van der Waals surface area contributed by atoms with E-state index < -0.39 is 0 Å². The molecule has 1 aliphatic rings. The van der Waals surface area contributed by atoms with E-state index in [1.165, 1.54) is 32.1 Å². The Bertz CT molecular complexity index is 523. The van der Waals surface area contributed by atoms with Crippen LogP contribution in [0.25, 0.3) is 0 Å². The summed E-state index contributed by atoms with van der Waals surface area (Å²) in [6, 6.07) is 1.58. The lowest BCUT2D eigenvalue weighted by molar-refractivity contribution is -0.116. The summed E-state index contributed by atoms with van der Waals surface area (Å²) in [4.78, 5) is 23.9. The van der Waals surface area contributed by atoms with Gasteiger partial charge in [0.2, 0.25) is 5.91 Å².